The van der Waals surface area contributed by atoms with E-state index in [1.165, 1.54) is 107 Å². The number of allylic oxidation sites excluding steroid dienone is 4. The Bertz CT molecular complexity index is 3640. The Labute approximate surface area is 373 Å². The van der Waals surface area contributed by atoms with Crippen molar-refractivity contribution in [2.24, 2.45) is 0 Å². The second-order valence-corrected chi connectivity index (χ2v) is 19.3. The molecule has 2 aromatic heterocycles. The molecule has 4 nitrogen and oxygen atoms in total. The van der Waals surface area contributed by atoms with E-state index in [1.54, 1.807) is 0 Å². The van der Waals surface area contributed by atoms with Crippen LogP contribution in [0.2, 0.25) is 0 Å². The first kappa shape index (κ1) is 35.5. The highest BCUT2D eigenvalue weighted by molar-refractivity contribution is 7.26. The van der Waals surface area contributed by atoms with Crippen molar-refractivity contribution in [1.82, 2.24) is 0 Å². The molecule has 0 fully saturated rings. The van der Waals surface area contributed by atoms with Gasteiger partial charge in [-0.25, -0.2) is 0 Å². The molecule has 0 atom stereocenters. The number of nitrogens with zero attached hydrogens (tertiary/aromatic N) is 2. The molecule has 298 valence electrons. The lowest BCUT2D eigenvalue weighted by Gasteiger charge is -2.46. The molecule has 0 bridgehead atoms. The molecule has 7 heteroatoms. The molecule has 8 aromatic carbocycles. The maximum atomic E-state index is 6.14. The first-order chi connectivity index (χ1) is 31.1. The highest BCUT2D eigenvalue weighted by atomic mass is 32.1. The van der Waals surface area contributed by atoms with Gasteiger partial charge in [-0.05, 0) is 131 Å². The van der Waals surface area contributed by atoms with Gasteiger partial charge in [-0.15, -0.1) is 22.7 Å². The summed E-state index contributed by atoms with van der Waals surface area (Å²) in [5, 5.41) is 5.32. The second kappa shape index (κ2) is 13.5. The lowest BCUT2D eigenvalue weighted by atomic mass is 9.32. The van der Waals surface area contributed by atoms with E-state index in [0.29, 0.717) is 0 Å². The van der Waals surface area contributed by atoms with Crippen LogP contribution >= 0.6 is 22.7 Å². The monoisotopic (exact) mass is 844 g/mol. The molecule has 63 heavy (non-hydrogen) atoms. The van der Waals surface area contributed by atoms with Crippen LogP contribution in [0.1, 0.15) is 24.0 Å². The van der Waals surface area contributed by atoms with Crippen molar-refractivity contribution >= 4 is 115 Å². The number of anilines is 5. The SMILES string of the molecule is Cc1cc2c3c(c1)N(c1ccccc1)c1cc4c(cc1B3C1=C(CCC(c3ccc5c(c3)sc3ccccc35)=C1)N2c1ccc(-c2ccc3c(c2)sc2ccccc23)cc1)OCO4. The van der Waals surface area contributed by atoms with Crippen LogP contribution in [0.4, 0.5) is 28.4 Å². The van der Waals surface area contributed by atoms with Crippen LogP contribution < -0.4 is 30.2 Å². The van der Waals surface area contributed by atoms with Crippen LogP contribution in [0.5, 0.6) is 11.5 Å². The van der Waals surface area contributed by atoms with Gasteiger partial charge in [0.2, 0.25) is 6.79 Å². The zero-order valence-corrected chi connectivity index (χ0v) is 36.0. The zero-order chi connectivity index (χ0) is 41.3. The zero-order valence-electron chi connectivity index (χ0n) is 34.4. The van der Waals surface area contributed by atoms with Crippen molar-refractivity contribution in [1.29, 1.82) is 0 Å². The summed E-state index contributed by atoms with van der Waals surface area (Å²) in [5.41, 5.74) is 17.5. The van der Waals surface area contributed by atoms with Crippen LogP contribution in [0.3, 0.4) is 0 Å². The Morgan fingerprint density at radius 2 is 1.08 bits per heavy atom. The molecule has 10 aromatic rings. The van der Waals surface area contributed by atoms with E-state index in [0.717, 1.165) is 35.7 Å². The van der Waals surface area contributed by atoms with Crippen LogP contribution in [0.25, 0.3) is 57.0 Å². The van der Waals surface area contributed by atoms with E-state index in [1.807, 2.05) is 22.7 Å². The quantitative estimate of drug-likeness (QED) is 0.165. The number of benzene rings is 8. The van der Waals surface area contributed by atoms with Crippen molar-refractivity contribution in [3.8, 4) is 22.6 Å². The molecular formula is C56H37BN2O2S2. The number of hydrogen-bond acceptors (Lipinski definition) is 6. The van der Waals surface area contributed by atoms with Crippen molar-refractivity contribution in [3.05, 3.63) is 192 Å². The van der Waals surface area contributed by atoms with Gasteiger partial charge in [-0.3, -0.25) is 0 Å². The molecule has 0 N–H and O–H groups in total. The molecule has 0 unspecified atom stereocenters. The second-order valence-electron chi connectivity index (χ2n) is 17.2. The van der Waals surface area contributed by atoms with Crippen molar-refractivity contribution in [2.75, 3.05) is 16.6 Å². The minimum atomic E-state index is -0.0121. The molecule has 0 saturated carbocycles. The molecule has 0 saturated heterocycles. The molecule has 4 aliphatic rings. The van der Waals surface area contributed by atoms with Crippen LogP contribution in [-0.2, 0) is 0 Å². The first-order valence-electron chi connectivity index (χ1n) is 21.7. The van der Waals surface area contributed by atoms with Gasteiger partial charge in [0.1, 0.15) is 0 Å². The summed E-state index contributed by atoms with van der Waals surface area (Å²) < 4.78 is 17.5. The number of hydrogen-bond donors (Lipinski definition) is 0. The van der Waals surface area contributed by atoms with E-state index >= 15 is 0 Å². The predicted octanol–water partition coefficient (Wildman–Crippen LogP) is 14.3. The Hall–Kier alpha value is -7.06. The molecule has 1 aliphatic carbocycles. The summed E-state index contributed by atoms with van der Waals surface area (Å²) >= 11 is 3.76. The topological polar surface area (TPSA) is 24.9 Å². The van der Waals surface area contributed by atoms with Gasteiger partial charge < -0.3 is 19.3 Å². The summed E-state index contributed by atoms with van der Waals surface area (Å²) in [6, 6.07) is 60.9. The minimum Gasteiger partial charge on any atom is -0.454 e. The number of thiophene rings is 2. The van der Waals surface area contributed by atoms with Gasteiger partial charge >= 0.3 is 0 Å². The van der Waals surface area contributed by atoms with Gasteiger partial charge in [0.25, 0.3) is 6.71 Å². The van der Waals surface area contributed by atoms with Crippen molar-refractivity contribution in [2.45, 2.75) is 19.8 Å². The molecule has 5 heterocycles. The summed E-state index contributed by atoms with van der Waals surface area (Å²) in [6.45, 7) is 2.45. The van der Waals surface area contributed by atoms with Crippen molar-refractivity contribution in [3.63, 3.8) is 0 Å². The van der Waals surface area contributed by atoms with Gasteiger partial charge in [0, 0.05) is 80.5 Å². The summed E-state index contributed by atoms with van der Waals surface area (Å²) in [7, 11) is 0. The van der Waals surface area contributed by atoms with Gasteiger partial charge in [0.15, 0.2) is 11.5 Å². The fourth-order valence-electron chi connectivity index (χ4n) is 10.8. The van der Waals surface area contributed by atoms with E-state index in [2.05, 4.69) is 187 Å². The number of para-hydroxylation sites is 1. The molecule has 14 rings (SSSR count). The Balaban J connectivity index is 0.974. The normalized spacial score (nSPS) is 15.1. The smallest absolute Gasteiger partial charge is 0.251 e. The number of ether oxygens (including phenoxy) is 2. The number of fused-ring (bicyclic) bond motifs is 10. The van der Waals surface area contributed by atoms with Gasteiger partial charge in [-0.1, -0.05) is 97.1 Å². The largest absolute Gasteiger partial charge is 0.454 e. The minimum absolute atomic E-state index is 0.0121. The fourth-order valence-corrected chi connectivity index (χ4v) is 13.1. The van der Waals surface area contributed by atoms with E-state index in [-0.39, 0.29) is 13.5 Å². The molecular weight excluding hydrogens is 808 g/mol. The van der Waals surface area contributed by atoms with Gasteiger partial charge in [0.05, 0.1) is 0 Å². The van der Waals surface area contributed by atoms with E-state index in [4.69, 9.17) is 9.47 Å². The third-order valence-electron chi connectivity index (χ3n) is 13.6. The Morgan fingerprint density at radius 3 is 1.81 bits per heavy atom. The first-order valence-corrected chi connectivity index (χ1v) is 23.3. The Kier molecular flexibility index (Phi) is 7.60. The fraction of sp³-hybridized carbons (Fsp3) is 0.0714. The third kappa shape index (κ3) is 5.33. The number of aryl methyl sites for hydroxylation is 1. The molecule has 0 radical (unpaired) electrons. The molecule has 3 aliphatic heterocycles. The van der Waals surface area contributed by atoms with Crippen molar-refractivity contribution < 1.29 is 9.47 Å². The maximum Gasteiger partial charge on any atom is 0.251 e. The summed E-state index contributed by atoms with van der Waals surface area (Å²) in [6.07, 6.45) is 4.40. The standard InChI is InChI=1S/C56H37BN2O2S2/c1-33-25-48-56-49(26-33)59(38-9-3-2-4-10-38)47-31-51-50(60-32-61-51)30-45(47)57(56)44-27-35(37-18-23-43-41-12-6-8-14-53(41)63-55(43)29-37)19-24-46(44)58(48)39-20-15-34(16-21-39)36-17-22-42-40-11-5-7-13-52(40)62-54(42)28-36/h2-18,20-23,25-31H,19,24,32H2,1H3. The van der Waals surface area contributed by atoms with E-state index in [9.17, 15) is 0 Å². The highest BCUT2D eigenvalue weighted by Crippen LogP contribution is 2.50. The molecule has 0 amide bonds. The maximum absolute atomic E-state index is 6.14. The van der Waals surface area contributed by atoms with Gasteiger partial charge in [-0.2, -0.15) is 0 Å². The average Bonchev–Trinajstić information content (AvgIpc) is 4.05. The highest BCUT2D eigenvalue weighted by Gasteiger charge is 2.45. The van der Waals surface area contributed by atoms with E-state index < -0.39 is 0 Å². The average molecular weight is 845 g/mol. The van der Waals surface area contributed by atoms with Crippen LogP contribution in [0, 0.1) is 6.92 Å². The Morgan fingerprint density at radius 1 is 0.492 bits per heavy atom. The molecule has 0 spiro atoms. The third-order valence-corrected chi connectivity index (χ3v) is 15.9. The summed E-state index contributed by atoms with van der Waals surface area (Å²) in [5.74, 6) is 1.60. The van der Waals surface area contributed by atoms with Crippen LogP contribution in [-0.4, -0.2) is 13.5 Å². The number of rotatable bonds is 4. The lowest BCUT2D eigenvalue weighted by Crippen LogP contribution is -2.56. The van der Waals surface area contributed by atoms with Crippen LogP contribution in [0.15, 0.2) is 181 Å². The lowest BCUT2D eigenvalue weighted by molar-refractivity contribution is 0.174. The summed E-state index contributed by atoms with van der Waals surface area (Å²) in [4.78, 5) is 5.03. The predicted molar refractivity (Wildman–Crippen MR) is 267 cm³/mol.